The molecule has 192 valence electrons. The van der Waals surface area contributed by atoms with Crippen LogP contribution in [0, 0.1) is 12.7 Å². The zero-order valence-electron chi connectivity index (χ0n) is 20.6. The number of hydrogen-bond acceptors (Lipinski definition) is 3. The van der Waals surface area contributed by atoms with Crippen LogP contribution in [-0.2, 0) is 6.18 Å². The van der Waals surface area contributed by atoms with Gasteiger partial charge in [-0.15, -0.1) is 0 Å². The van der Waals surface area contributed by atoms with E-state index in [1.54, 1.807) is 17.0 Å². The van der Waals surface area contributed by atoms with Gasteiger partial charge in [0.2, 0.25) is 0 Å². The van der Waals surface area contributed by atoms with Gasteiger partial charge >= 0.3 is 6.18 Å². The van der Waals surface area contributed by atoms with Crippen LogP contribution >= 0.6 is 0 Å². The first kappa shape index (κ1) is 25.1. The van der Waals surface area contributed by atoms with Crippen LogP contribution in [0.4, 0.5) is 28.9 Å². The Hall–Kier alpha value is -3.58. The second kappa shape index (κ2) is 10.1. The van der Waals surface area contributed by atoms with Crippen LogP contribution in [0.3, 0.4) is 0 Å². The average Bonchev–Trinajstić information content (AvgIpc) is 2.88. The van der Waals surface area contributed by atoms with Crippen molar-refractivity contribution >= 4 is 22.1 Å². The monoisotopic (exact) mass is 508 g/mol. The molecule has 7 heteroatoms. The van der Waals surface area contributed by atoms with Gasteiger partial charge in [0.1, 0.15) is 6.10 Å². The maximum absolute atomic E-state index is 14.7. The molecule has 0 aromatic heterocycles. The molecular weight excluding hydrogens is 480 g/mol. The molecule has 0 bridgehead atoms. The van der Waals surface area contributed by atoms with Crippen molar-refractivity contribution in [1.82, 2.24) is 5.32 Å². The summed E-state index contributed by atoms with van der Waals surface area (Å²) in [4.78, 5) is 1.72. The maximum Gasteiger partial charge on any atom is 0.416 e. The number of rotatable bonds is 6. The summed E-state index contributed by atoms with van der Waals surface area (Å²) in [5.41, 5.74) is 1.41. The molecule has 2 atom stereocenters. The van der Waals surface area contributed by atoms with Gasteiger partial charge in [-0.1, -0.05) is 54.6 Å². The van der Waals surface area contributed by atoms with Gasteiger partial charge in [0, 0.05) is 11.7 Å². The zero-order valence-corrected chi connectivity index (χ0v) is 20.6. The van der Waals surface area contributed by atoms with Gasteiger partial charge in [0.05, 0.1) is 17.8 Å². The smallest absolute Gasteiger partial charge is 0.416 e. The highest BCUT2D eigenvalue weighted by atomic mass is 19.4. The van der Waals surface area contributed by atoms with Gasteiger partial charge in [-0.3, -0.25) is 0 Å². The van der Waals surface area contributed by atoms with Crippen molar-refractivity contribution < 1.29 is 22.3 Å². The molecule has 1 aliphatic heterocycles. The minimum atomic E-state index is -4.47. The largest absolute Gasteiger partial charge is 0.483 e. The highest BCUT2D eigenvalue weighted by molar-refractivity contribution is 5.86. The second-order valence-electron chi connectivity index (χ2n) is 9.47. The van der Waals surface area contributed by atoms with Crippen molar-refractivity contribution in [2.24, 2.45) is 0 Å². The van der Waals surface area contributed by atoms with Crippen molar-refractivity contribution in [3.05, 3.63) is 101 Å². The lowest BCUT2D eigenvalue weighted by atomic mass is 9.99. The van der Waals surface area contributed by atoms with Gasteiger partial charge in [0.15, 0.2) is 11.6 Å². The highest BCUT2D eigenvalue weighted by Crippen LogP contribution is 2.42. The van der Waals surface area contributed by atoms with Crippen molar-refractivity contribution in [3.63, 3.8) is 0 Å². The number of alkyl halides is 3. The Bertz CT molecular complexity index is 1410. The summed E-state index contributed by atoms with van der Waals surface area (Å²) < 4.78 is 61.6. The predicted octanol–water partition coefficient (Wildman–Crippen LogP) is 7.95. The Labute approximate surface area is 213 Å². The highest BCUT2D eigenvalue weighted by Gasteiger charge is 2.34. The fourth-order valence-electron chi connectivity index (χ4n) is 5.01. The minimum Gasteiger partial charge on any atom is -0.483 e. The van der Waals surface area contributed by atoms with E-state index in [9.17, 15) is 17.6 Å². The topological polar surface area (TPSA) is 24.5 Å². The lowest BCUT2D eigenvalue weighted by Gasteiger charge is -2.37. The number of nitrogens with one attached hydrogen (secondary N) is 1. The summed E-state index contributed by atoms with van der Waals surface area (Å²) in [6, 6.07) is 23.2. The van der Waals surface area contributed by atoms with E-state index in [-0.39, 0.29) is 17.4 Å². The lowest BCUT2D eigenvalue weighted by molar-refractivity contribution is -0.138. The molecule has 4 aromatic rings. The van der Waals surface area contributed by atoms with Crippen LogP contribution in [0.15, 0.2) is 78.9 Å². The van der Waals surface area contributed by atoms with E-state index in [1.807, 2.05) is 18.2 Å². The molecule has 1 N–H and O–H groups in total. The van der Waals surface area contributed by atoms with Crippen molar-refractivity contribution in [2.75, 3.05) is 18.0 Å². The number of benzene rings is 4. The average molecular weight is 509 g/mol. The molecule has 0 aliphatic carbocycles. The Morgan fingerprint density at radius 1 is 1.00 bits per heavy atom. The van der Waals surface area contributed by atoms with E-state index in [0.717, 1.165) is 6.07 Å². The van der Waals surface area contributed by atoms with Crippen molar-refractivity contribution in [2.45, 2.75) is 38.6 Å². The van der Waals surface area contributed by atoms with Crippen LogP contribution in [0.2, 0.25) is 0 Å². The molecule has 0 saturated carbocycles. The standard InChI is InChI=1S/C30H28F4N2O/c1-19-13-14-22(17-26(19)30(32,33)34)36-18-23(37-29-27(31)11-6-12-28(29)36)15-16-35-20(2)24-10-5-8-21-7-3-4-9-25(21)24/h3-14,17,20,23,35H,15-16,18H2,1-2H3. The number of aryl methyl sites for hydroxylation is 1. The number of para-hydroxylation sites is 1. The Balaban J connectivity index is 1.35. The quantitative estimate of drug-likeness (QED) is 0.268. The molecule has 0 amide bonds. The molecule has 3 nitrogen and oxygen atoms in total. The molecular formula is C30H28F4N2O. The fourth-order valence-corrected chi connectivity index (χ4v) is 5.01. The number of hydrogen-bond donors (Lipinski definition) is 1. The second-order valence-corrected chi connectivity index (χ2v) is 9.47. The molecule has 1 aliphatic rings. The van der Waals surface area contributed by atoms with Gasteiger partial charge in [-0.2, -0.15) is 13.2 Å². The van der Waals surface area contributed by atoms with E-state index in [0.29, 0.717) is 30.9 Å². The normalized spacial score (nSPS) is 16.4. The zero-order chi connectivity index (χ0) is 26.2. The van der Waals surface area contributed by atoms with Gasteiger partial charge in [0.25, 0.3) is 0 Å². The number of anilines is 2. The van der Waals surface area contributed by atoms with Gasteiger partial charge in [-0.25, -0.2) is 4.39 Å². The Morgan fingerprint density at radius 2 is 1.76 bits per heavy atom. The Morgan fingerprint density at radius 3 is 2.57 bits per heavy atom. The molecule has 0 saturated heterocycles. The summed E-state index contributed by atoms with van der Waals surface area (Å²) in [5.74, 6) is -0.470. The number of nitrogens with zero attached hydrogens (tertiary/aromatic N) is 1. The summed E-state index contributed by atoms with van der Waals surface area (Å²) >= 11 is 0. The third kappa shape index (κ3) is 5.14. The van der Waals surface area contributed by atoms with Crippen molar-refractivity contribution in [1.29, 1.82) is 0 Å². The summed E-state index contributed by atoms with van der Waals surface area (Å²) in [6.45, 7) is 4.43. The molecule has 37 heavy (non-hydrogen) atoms. The third-order valence-electron chi connectivity index (χ3n) is 6.95. The van der Waals surface area contributed by atoms with E-state index in [2.05, 4.69) is 36.5 Å². The van der Waals surface area contributed by atoms with E-state index >= 15 is 0 Å². The summed E-state index contributed by atoms with van der Waals surface area (Å²) in [7, 11) is 0. The summed E-state index contributed by atoms with van der Waals surface area (Å²) in [5, 5.41) is 5.88. The number of halogens is 4. The minimum absolute atomic E-state index is 0.0648. The first-order valence-corrected chi connectivity index (χ1v) is 12.3. The molecule has 0 radical (unpaired) electrons. The van der Waals surface area contributed by atoms with E-state index < -0.39 is 23.7 Å². The van der Waals surface area contributed by atoms with Crippen LogP contribution in [0.25, 0.3) is 10.8 Å². The summed E-state index contributed by atoms with van der Waals surface area (Å²) in [6.07, 6.45) is -4.33. The fraction of sp³-hybridized carbons (Fsp3) is 0.267. The molecule has 2 unspecified atom stereocenters. The van der Waals surface area contributed by atoms with E-state index in [1.165, 1.54) is 41.5 Å². The predicted molar refractivity (Wildman–Crippen MR) is 139 cm³/mol. The molecule has 1 heterocycles. The van der Waals surface area contributed by atoms with Gasteiger partial charge < -0.3 is 15.0 Å². The first-order valence-electron chi connectivity index (χ1n) is 12.3. The first-order chi connectivity index (χ1) is 17.7. The van der Waals surface area contributed by atoms with Crippen LogP contribution in [0.1, 0.15) is 36.1 Å². The molecule has 4 aromatic carbocycles. The van der Waals surface area contributed by atoms with Crippen LogP contribution in [0.5, 0.6) is 5.75 Å². The SMILES string of the molecule is Cc1ccc(N2CC(CCNC(C)c3cccc4ccccc34)Oc3c(F)cccc32)cc1C(F)(F)F. The number of fused-ring (bicyclic) bond motifs is 2. The van der Waals surface area contributed by atoms with Crippen LogP contribution < -0.4 is 15.0 Å². The van der Waals surface area contributed by atoms with Crippen LogP contribution in [-0.4, -0.2) is 19.2 Å². The molecule has 5 rings (SSSR count). The molecule has 0 fully saturated rings. The third-order valence-corrected chi connectivity index (χ3v) is 6.95. The Kier molecular flexibility index (Phi) is 6.82. The van der Waals surface area contributed by atoms with Crippen molar-refractivity contribution in [3.8, 4) is 5.75 Å². The molecule has 0 spiro atoms. The number of ether oxygens (including phenoxy) is 1. The van der Waals surface area contributed by atoms with Gasteiger partial charge in [-0.05, 0) is 73.0 Å². The lowest BCUT2D eigenvalue weighted by Crippen LogP contribution is -2.39. The van der Waals surface area contributed by atoms with E-state index in [4.69, 9.17) is 4.74 Å². The maximum atomic E-state index is 14.7.